The molecule has 1 aromatic rings. The third-order valence-corrected chi connectivity index (χ3v) is 3.32. The summed E-state index contributed by atoms with van der Waals surface area (Å²) in [5, 5.41) is 0. The zero-order valence-corrected chi connectivity index (χ0v) is 10.6. The van der Waals surface area contributed by atoms with Crippen LogP contribution in [0.2, 0.25) is 0 Å². The molecule has 1 aliphatic heterocycles. The van der Waals surface area contributed by atoms with Crippen molar-refractivity contribution in [2.24, 2.45) is 0 Å². The Bertz CT molecular complexity index is 340. The largest absolute Gasteiger partial charge is 0.383 e. The van der Waals surface area contributed by atoms with Gasteiger partial charge in [0.2, 0.25) is 0 Å². The minimum absolute atomic E-state index is 0.798. The van der Waals surface area contributed by atoms with Crippen LogP contribution < -0.4 is 4.90 Å². The van der Waals surface area contributed by atoms with Crippen molar-refractivity contribution in [2.45, 2.75) is 12.8 Å². The highest BCUT2D eigenvalue weighted by Gasteiger charge is 2.16. The van der Waals surface area contributed by atoms with Gasteiger partial charge in [-0.1, -0.05) is 22.0 Å². The zero-order valence-electron chi connectivity index (χ0n) is 9.00. The van der Waals surface area contributed by atoms with Crippen molar-refractivity contribution in [2.75, 3.05) is 31.7 Å². The average Bonchev–Trinajstić information content (AvgIpc) is 2.26. The number of methoxy groups -OCH3 is 1. The second-order valence-corrected chi connectivity index (χ2v) is 4.77. The van der Waals surface area contributed by atoms with Crippen LogP contribution >= 0.6 is 15.9 Å². The molecule has 0 aliphatic carbocycles. The van der Waals surface area contributed by atoms with Crippen molar-refractivity contribution < 1.29 is 4.74 Å². The Balaban J connectivity index is 2.20. The third kappa shape index (κ3) is 2.52. The first-order valence-corrected chi connectivity index (χ1v) is 6.13. The highest BCUT2D eigenvalue weighted by molar-refractivity contribution is 9.10. The minimum Gasteiger partial charge on any atom is -0.383 e. The molecule has 82 valence electrons. The van der Waals surface area contributed by atoms with Gasteiger partial charge in [0.05, 0.1) is 6.61 Å². The second-order valence-electron chi connectivity index (χ2n) is 3.86. The molecule has 0 bridgehead atoms. The maximum atomic E-state index is 5.14. The lowest BCUT2D eigenvalue weighted by atomic mass is 10.0. The summed E-state index contributed by atoms with van der Waals surface area (Å²) in [6.45, 7) is 2.93. The third-order valence-electron chi connectivity index (χ3n) is 2.83. The van der Waals surface area contributed by atoms with Crippen LogP contribution in [0.4, 0.5) is 5.69 Å². The fourth-order valence-electron chi connectivity index (χ4n) is 2.06. The molecule has 0 saturated heterocycles. The van der Waals surface area contributed by atoms with E-state index < -0.39 is 0 Å². The molecule has 1 aliphatic rings. The summed E-state index contributed by atoms with van der Waals surface area (Å²) in [4.78, 5) is 2.41. The summed E-state index contributed by atoms with van der Waals surface area (Å²) in [6.07, 6.45) is 2.45. The summed E-state index contributed by atoms with van der Waals surface area (Å²) in [5.41, 5.74) is 2.83. The molecule has 2 nitrogen and oxygen atoms in total. The Hall–Kier alpha value is -0.540. The van der Waals surface area contributed by atoms with Crippen LogP contribution in [0.15, 0.2) is 22.7 Å². The number of halogens is 1. The summed E-state index contributed by atoms with van der Waals surface area (Å²) >= 11 is 3.53. The second kappa shape index (κ2) is 4.99. The highest BCUT2D eigenvalue weighted by atomic mass is 79.9. The predicted octanol–water partition coefficient (Wildman–Crippen LogP) is 2.85. The summed E-state index contributed by atoms with van der Waals surface area (Å²) in [6, 6.07) is 6.56. The minimum atomic E-state index is 0.798. The van der Waals surface area contributed by atoms with Gasteiger partial charge in [0.25, 0.3) is 0 Å². The van der Waals surface area contributed by atoms with E-state index in [2.05, 4.69) is 39.0 Å². The lowest BCUT2D eigenvalue weighted by Gasteiger charge is -2.31. The lowest BCUT2D eigenvalue weighted by Crippen LogP contribution is -2.32. The molecule has 1 aromatic carbocycles. The molecule has 15 heavy (non-hydrogen) atoms. The molecule has 0 fully saturated rings. The fraction of sp³-hybridized carbons (Fsp3) is 0.500. The number of benzene rings is 1. The van der Waals surface area contributed by atoms with Crippen molar-refractivity contribution in [1.29, 1.82) is 0 Å². The Labute approximate surface area is 99.4 Å². The monoisotopic (exact) mass is 269 g/mol. The predicted molar refractivity (Wildman–Crippen MR) is 66.6 cm³/mol. The van der Waals surface area contributed by atoms with E-state index in [1.54, 1.807) is 7.11 Å². The van der Waals surface area contributed by atoms with Gasteiger partial charge in [-0.15, -0.1) is 0 Å². The van der Waals surface area contributed by atoms with E-state index >= 15 is 0 Å². The van der Waals surface area contributed by atoms with Gasteiger partial charge in [0, 0.05) is 30.4 Å². The normalized spacial score (nSPS) is 15.2. The van der Waals surface area contributed by atoms with Crippen LogP contribution in [0.25, 0.3) is 0 Å². The van der Waals surface area contributed by atoms with Crippen molar-refractivity contribution in [1.82, 2.24) is 0 Å². The summed E-state index contributed by atoms with van der Waals surface area (Å²) in [5.74, 6) is 0. The molecule has 2 rings (SSSR count). The molecule has 0 unspecified atom stereocenters. The number of rotatable bonds is 3. The molecule has 3 heteroatoms. The van der Waals surface area contributed by atoms with Gasteiger partial charge in [0.15, 0.2) is 0 Å². The van der Waals surface area contributed by atoms with Crippen molar-refractivity contribution in [3.63, 3.8) is 0 Å². The fourth-order valence-corrected chi connectivity index (χ4v) is 2.41. The number of fused-ring (bicyclic) bond motifs is 1. The smallest absolute Gasteiger partial charge is 0.0637 e. The van der Waals surface area contributed by atoms with Crippen molar-refractivity contribution in [3.8, 4) is 0 Å². The number of hydrogen-bond acceptors (Lipinski definition) is 2. The number of anilines is 1. The van der Waals surface area contributed by atoms with Gasteiger partial charge >= 0.3 is 0 Å². The van der Waals surface area contributed by atoms with Crippen LogP contribution in [0.3, 0.4) is 0 Å². The van der Waals surface area contributed by atoms with Gasteiger partial charge in [-0.05, 0) is 30.5 Å². The molecular formula is C12H16BrNO. The highest BCUT2D eigenvalue weighted by Crippen LogP contribution is 2.29. The number of hydrogen-bond donors (Lipinski definition) is 0. The van der Waals surface area contributed by atoms with Crippen LogP contribution in [0, 0.1) is 0 Å². The molecule has 0 atom stereocenters. The van der Waals surface area contributed by atoms with Crippen molar-refractivity contribution >= 4 is 21.6 Å². The number of aryl methyl sites for hydroxylation is 1. The van der Waals surface area contributed by atoms with Gasteiger partial charge in [-0.25, -0.2) is 0 Å². The lowest BCUT2D eigenvalue weighted by molar-refractivity contribution is 0.205. The van der Waals surface area contributed by atoms with Gasteiger partial charge < -0.3 is 9.64 Å². The van der Waals surface area contributed by atoms with Gasteiger partial charge in [0.1, 0.15) is 0 Å². The van der Waals surface area contributed by atoms with Gasteiger partial charge in [-0.3, -0.25) is 0 Å². The molecule has 0 radical (unpaired) electrons. The maximum absolute atomic E-state index is 5.14. The summed E-state index contributed by atoms with van der Waals surface area (Å²) < 4.78 is 6.29. The topological polar surface area (TPSA) is 12.5 Å². The van der Waals surface area contributed by atoms with Crippen LogP contribution in [0.1, 0.15) is 12.0 Å². The maximum Gasteiger partial charge on any atom is 0.0637 e. The first-order chi connectivity index (χ1) is 7.31. The molecule has 0 saturated carbocycles. The molecule has 0 N–H and O–H groups in total. The quantitative estimate of drug-likeness (QED) is 0.837. The molecule has 0 amide bonds. The van der Waals surface area contributed by atoms with Crippen LogP contribution in [-0.4, -0.2) is 26.8 Å². The SMILES string of the molecule is COCCN1CCCc2ccc(Br)cc21. The standard InChI is InChI=1S/C12H16BrNO/c1-15-8-7-14-6-2-3-10-4-5-11(13)9-12(10)14/h4-5,9H,2-3,6-8H2,1H3. The van der Waals surface area contributed by atoms with Gasteiger partial charge in [-0.2, -0.15) is 0 Å². The summed E-state index contributed by atoms with van der Waals surface area (Å²) in [7, 11) is 1.76. The Morgan fingerprint density at radius 2 is 2.33 bits per heavy atom. The van der Waals surface area contributed by atoms with E-state index in [9.17, 15) is 0 Å². The van der Waals surface area contributed by atoms with Crippen LogP contribution in [-0.2, 0) is 11.2 Å². The Morgan fingerprint density at radius 3 is 3.13 bits per heavy atom. The van der Waals surface area contributed by atoms with E-state index in [0.29, 0.717) is 0 Å². The van der Waals surface area contributed by atoms with E-state index in [-0.39, 0.29) is 0 Å². The average molecular weight is 270 g/mol. The van der Waals surface area contributed by atoms with E-state index in [0.717, 1.165) is 24.2 Å². The molecule has 1 heterocycles. The van der Waals surface area contributed by atoms with Crippen molar-refractivity contribution in [3.05, 3.63) is 28.2 Å². The Kier molecular flexibility index (Phi) is 3.65. The zero-order chi connectivity index (χ0) is 10.7. The Morgan fingerprint density at radius 1 is 1.47 bits per heavy atom. The van der Waals surface area contributed by atoms with E-state index in [1.165, 1.54) is 24.1 Å². The first-order valence-electron chi connectivity index (χ1n) is 5.33. The number of nitrogens with zero attached hydrogens (tertiary/aromatic N) is 1. The number of ether oxygens (including phenoxy) is 1. The van der Waals surface area contributed by atoms with Crippen LogP contribution in [0.5, 0.6) is 0 Å². The van der Waals surface area contributed by atoms with E-state index in [4.69, 9.17) is 4.74 Å². The first kappa shape index (κ1) is 11.0. The molecular weight excluding hydrogens is 254 g/mol. The van der Waals surface area contributed by atoms with E-state index in [1.807, 2.05) is 0 Å². The molecule has 0 aromatic heterocycles. The molecule has 0 spiro atoms.